The molecule has 1 aliphatic heterocycles. The van der Waals surface area contributed by atoms with Crippen LogP contribution in [0.1, 0.15) is 57.6 Å². The molecule has 3 nitrogen and oxygen atoms in total. The number of hydrogen-bond donors (Lipinski definition) is 1. The lowest BCUT2D eigenvalue weighted by Crippen LogP contribution is -2.21. The van der Waals surface area contributed by atoms with Crippen LogP contribution in [0.3, 0.4) is 0 Å². The zero-order valence-electron chi connectivity index (χ0n) is 12.7. The van der Waals surface area contributed by atoms with Gasteiger partial charge in [0.2, 0.25) is 0 Å². The highest BCUT2D eigenvalue weighted by Gasteiger charge is 2.18. The fraction of sp³-hybridized carbons (Fsp3) is 0.647. The second-order valence-electron chi connectivity index (χ2n) is 5.88. The van der Waals surface area contributed by atoms with E-state index in [1.54, 1.807) is 0 Å². The van der Waals surface area contributed by atoms with E-state index in [9.17, 15) is 0 Å². The number of ether oxygens (including phenoxy) is 2. The highest BCUT2D eigenvalue weighted by Crippen LogP contribution is 2.29. The molecule has 2 N–H and O–H groups in total. The van der Waals surface area contributed by atoms with E-state index in [-0.39, 0.29) is 12.1 Å². The third kappa shape index (κ3) is 4.50. The molecule has 1 aromatic rings. The molecule has 1 heterocycles. The molecule has 2 unspecified atom stereocenters. The molecule has 0 bridgehead atoms. The number of nitrogens with two attached hydrogens (primary N) is 1. The average molecular weight is 277 g/mol. The summed E-state index contributed by atoms with van der Waals surface area (Å²) < 4.78 is 11.6. The topological polar surface area (TPSA) is 44.5 Å². The average Bonchev–Trinajstić information content (AvgIpc) is 2.46. The van der Waals surface area contributed by atoms with Crippen LogP contribution in [0.25, 0.3) is 0 Å². The molecule has 1 aliphatic rings. The predicted octanol–water partition coefficient (Wildman–Crippen LogP) is 3.82. The fourth-order valence-electron chi connectivity index (χ4n) is 2.70. The number of hydrogen-bond acceptors (Lipinski definition) is 3. The molecule has 0 spiro atoms. The smallest absolute Gasteiger partial charge is 0.124 e. The van der Waals surface area contributed by atoms with Crippen LogP contribution in [0, 0.1) is 0 Å². The number of para-hydroxylation sites is 1. The third-order valence-corrected chi connectivity index (χ3v) is 3.75. The Labute approximate surface area is 122 Å². The first-order valence-corrected chi connectivity index (χ1v) is 7.79. The minimum Gasteiger partial charge on any atom is -0.491 e. The maximum atomic E-state index is 6.35. The van der Waals surface area contributed by atoms with Gasteiger partial charge in [-0.05, 0) is 52.0 Å². The molecule has 0 amide bonds. The molecule has 2 rings (SSSR count). The quantitative estimate of drug-likeness (QED) is 0.859. The van der Waals surface area contributed by atoms with Crippen LogP contribution in [0.15, 0.2) is 24.3 Å². The summed E-state index contributed by atoms with van der Waals surface area (Å²) in [6.45, 7) is 4.99. The number of benzene rings is 1. The first-order valence-electron chi connectivity index (χ1n) is 7.79. The van der Waals surface area contributed by atoms with Gasteiger partial charge >= 0.3 is 0 Å². The van der Waals surface area contributed by atoms with E-state index in [4.69, 9.17) is 15.2 Å². The van der Waals surface area contributed by atoms with Crippen LogP contribution >= 0.6 is 0 Å². The van der Waals surface area contributed by atoms with Gasteiger partial charge in [0.05, 0.1) is 12.2 Å². The van der Waals surface area contributed by atoms with Crippen molar-refractivity contribution in [1.82, 2.24) is 0 Å². The molecule has 1 aromatic carbocycles. The molecule has 0 aromatic heterocycles. The molecule has 1 fully saturated rings. The minimum atomic E-state index is 0.0236. The van der Waals surface area contributed by atoms with Crippen LogP contribution < -0.4 is 10.5 Å². The van der Waals surface area contributed by atoms with Gasteiger partial charge in [-0.25, -0.2) is 0 Å². The molecule has 1 saturated heterocycles. The summed E-state index contributed by atoms with van der Waals surface area (Å²) in [4.78, 5) is 0. The Morgan fingerprint density at radius 3 is 2.80 bits per heavy atom. The van der Waals surface area contributed by atoms with Gasteiger partial charge in [0, 0.05) is 18.2 Å². The largest absolute Gasteiger partial charge is 0.491 e. The Kier molecular flexibility index (Phi) is 5.86. The maximum Gasteiger partial charge on any atom is 0.124 e. The van der Waals surface area contributed by atoms with Gasteiger partial charge in [-0.1, -0.05) is 18.2 Å². The molecule has 20 heavy (non-hydrogen) atoms. The van der Waals surface area contributed by atoms with Crippen molar-refractivity contribution in [2.45, 2.75) is 64.2 Å². The Morgan fingerprint density at radius 2 is 2.10 bits per heavy atom. The molecule has 2 atom stereocenters. The summed E-state index contributed by atoms with van der Waals surface area (Å²) in [6.07, 6.45) is 6.22. The van der Waals surface area contributed by atoms with E-state index in [0.717, 1.165) is 30.8 Å². The zero-order chi connectivity index (χ0) is 14.4. The Morgan fingerprint density at radius 1 is 1.30 bits per heavy atom. The molecule has 0 saturated carbocycles. The van der Waals surface area contributed by atoms with Gasteiger partial charge in [-0.2, -0.15) is 0 Å². The van der Waals surface area contributed by atoms with Crippen molar-refractivity contribution in [3.8, 4) is 5.75 Å². The van der Waals surface area contributed by atoms with E-state index in [0.29, 0.717) is 6.10 Å². The number of rotatable bonds is 6. The molecular formula is C17H27NO2. The van der Waals surface area contributed by atoms with Gasteiger partial charge in [0.1, 0.15) is 5.75 Å². The highest BCUT2D eigenvalue weighted by molar-refractivity contribution is 5.35. The predicted molar refractivity (Wildman–Crippen MR) is 82.0 cm³/mol. The maximum absolute atomic E-state index is 6.35. The van der Waals surface area contributed by atoms with E-state index in [1.807, 2.05) is 32.0 Å². The summed E-state index contributed by atoms with van der Waals surface area (Å²) in [5.41, 5.74) is 7.46. The zero-order valence-corrected chi connectivity index (χ0v) is 12.7. The van der Waals surface area contributed by atoms with Crippen molar-refractivity contribution >= 4 is 0 Å². The van der Waals surface area contributed by atoms with Crippen molar-refractivity contribution in [3.63, 3.8) is 0 Å². The SMILES string of the molecule is CC(C)Oc1ccccc1C(N)CCC1CCCCO1. The van der Waals surface area contributed by atoms with Gasteiger partial charge in [-0.3, -0.25) is 0 Å². The van der Waals surface area contributed by atoms with E-state index >= 15 is 0 Å². The highest BCUT2D eigenvalue weighted by atomic mass is 16.5. The van der Waals surface area contributed by atoms with E-state index in [2.05, 4.69) is 6.07 Å². The molecule has 112 valence electrons. The summed E-state index contributed by atoms with van der Waals surface area (Å²) >= 11 is 0. The first-order chi connectivity index (χ1) is 9.66. The van der Waals surface area contributed by atoms with Crippen molar-refractivity contribution in [1.29, 1.82) is 0 Å². The fourth-order valence-corrected chi connectivity index (χ4v) is 2.70. The van der Waals surface area contributed by atoms with Gasteiger partial charge in [0.25, 0.3) is 0 Å². The third-order valence-electron chi connectivity index (χ3n) is 3.75. The Balaban J connectivity index is 1.92. The lowest BCUT2D eigenvalue weighted by atomic mass is 9.97. The lowest BCUT2D eigenvalue weighted by molar-refractivity contribution is 0.00907. The van der Waals surface area contributed by atoms with Crippen molar-refractivity contribution < 1.29 is 9.47 Å². The monoisotopic (exact) mass is 277 g/mol. The van der Waals surface area contributed by atoms with Crippen LogP contribution in [0.4, 0.5) is 0 Å². The molecule has 3 heteroatoms. The minimum absolute atomic E-state index is 0.0236. The Bertz CT molecular complexity index is 400. The molecule has 0 radical (unpaired) electrons. The van der Waals surface area contributed by atoms with Gasteiger partial charge in [0.15, 0.2) is 0 Å². The van der Waals surface area contributed by atoms with Crippen molar-refractivity contribution in [2.75, 3.05) is 6.61 Å². The molecule has 0 aliphatic carbocycles. The Hall–Kier alpha value is -1.06. The lowest BCUT2D eigenvalue weighted by Gasteiger charge is -2.24. The first kappa shape index (κ1) is 15.3. The van der Waals surface area contributed by atoms with Crippen molar-refractivity contribution in [2.24, 2.45) is 5.73 Å². The second-order valence-corrected chi connectivity index (χ2v) is 5.88. The normalized spacial score (nSPS) is 20.9. The van der Waals surface area contributed by atoms with E-state index in [1.165, 1.54) is 19.3 Å². The van der Waals surface area contributed by atoms with Crippen molar-refractivity contribution in [3.05, 3.63) is 29.8 Å². The van der Waals surface area contributed by atoms with Crippen LogP contribution in [-0.4, -0.2) is 18.8 Å². The van der Waals surface area contributed by atoms with Gasteiger partial charge in [-0.15, -0.1) is 0 Å². The second kappa shape index (κ2) is 7.65. The van der Waals surface area contributed by atoms with Crippen LogP contribution in [0.5, 0.6) is 5.75 Å². The van der Waals surface area contributed by atoms with Gasteiger partial charge < -0.3 is 15.2 Å². The standard InChI is InChI=1S/C17H27NO2/c1-13(2)20-17-9-4-3-8-15(17)16(18)11-10-14-7-5-6-12-19-14/h3-4,8-9,13-14,16H,5-7,10-12,18H2,1-2H3. The van der Waals surface area contributed by atoms with Crippen LogP contribution in [0.2, 0.25) is 0 Å². The summed E-state index contributed by atoms with van der Waals surface area (Å²) in [5.74, 6) is 0.916. The van der Waals surface area contributed by atoms with E-state index < -0.39 is 0 Å². The summed E-state index contributed by atoms with van der Waals surface area (Å²) in [6, 6.07) is 8.13. The summed E-state index contributed by atoms with van der Waals surface area (Å²) in [5, 5.41) is 0. The molecular weight excluding hydrogens is 250 g/mol. The van der Waals surface area contributed by atoms with Crippen LogP contribution in [-0.2, 0) is 4.74 Å². The summed E-state index contributed by atoms with van der Waals surface area (Å²) in [7, 11) is 0.